The molecule has 2 aromatic heterocycles. The van der Waals surface area contributed by atoms with E-state index in [0.29, 0.717) is 22.1 Å². The summed E-state index contributed by atoms with van der Waals surface area (Å²) in [6, 6.07) is 9.01. The maximum absolute atomic E-state index is 12.3. The van der Waals surface area contributed by atoms with Crippen molar-refractivity contribution in [2.75, 3.05) is 23.9 Å². The number of rotatable bonds is 3. The van der Waals surface area contributed by atoms with Gasteiger partial charge in [0.2, 0.25) is 0 Å². The van der Waals surface area contributed by atoms with Crippen LogP contribution in [0.4, 0.5) is 10.8 Å². The largest absolute Gasteiger partial charge is 0.482 e. The Balaban J connectivity index is 1.62. The topological polar surface area (TPSA) is 84.4 Å². The van der Waals surface area contributed by atoms with Crippen molar-refractivity contribution < 1.29 is 14.3 Å². The Morgan fingerprint density at radius 1 is 1.33 bits per heavy atom. The number of anilines is 2. The number of carbonyl (C=O) groups is 2. The van der Waals surface area contributed by atoms with Crippen molar-refractivity contribution in [3.63, 3.8) is 0 Å². The second kappa shape index (κ2) is 6.81. The summed E-state index contributed by atoms with van der Waals surface area (Å²) in [6.07, 6.45) is 3.12. The van der Waals surface area contributed by atoms with E-state index < -0.39 is 0 Å². The summed E-state index contributed by atoms with van der Waals surface area (Å²) in [6.45, 7) is 1.99. The second-order valence-corrected chi connectivity index (χ2v) is 7.25. The molecule has 7 nitrogen and oxygen atoms in total. The van der Waals surface area contributed by atoms with Gasteiger partial charge in [-0.05, 0) is 37.3 Å². The van der Waals surface area contributed by atoms with Gasteiger partial charge in [0, 0.05) is 29.9 Å². The highest BCUT2D eigenvalue weighted by molar-refractivity contribution is 7.16. The third kappa shape index (κ3) is 3.26. The lowest BCUT2D eigenvalue weighted by Crippen LogP contribution is -2.35. The Bertz CT molecular complexity index is 1030. The summed E-state index contributed by atoms with van der Waals surface area (Å²) in [5.74, 6) is 0.311. The average molecular weight is 380 g/mol. The third-order valence-corrected chi connectivity index (χ3v) is 5.15. The van der Waals surface area contributed by atoms with E-state index in [1.165, 1.54) is 17.5 Å². The van der Waals surface area contributed by atoms with E-state index in [1.54, 1.807) is 30.3 Å². The molecular formula is C19H16N4O3S. The maximum atomic E-state index is 12.3. The molecule has 0 bridgehead atoms. The minimum absolute atomic E-state index is 0.0447. The Labute approximate surface area is 159 Å². The first-order valence-corrected chi connectivity index (χ1v) is 9.07. The van der Waals surface area contributed by atoms with Crippen LogP contribution in [-0.4, -0.2) is 35.4 Å². The number of amides is 2. The van der Waals surface area contributed by atoms with Crippen LogP contribution < -0.4 is 15.0 Å². The summed E-state index contributed by atoms with van der Waals surface area (Å²) >= 11 is 1.40. The number of nitrogens with zero attached hydrogens (tertiary/aromatic N) is 3. The number of benzene rings is 1. The number of pyridine rings is 1. The zero-order valence-corrected chi connectivity index (χ0v) is 15.5. The molecule has 8 heteroatoms. The first-order chi connectivity index (χ1) is 13.0. The Kier molecular flexibility index (Phi) is 4.33. The fraction of sp³-hybridized carbons (Fsp3) is 0.158. The van der Waals surface area contributed by atoms with Crippen LogP contribution in [0.15, 0.2) is 42.7 Å². The maximum Gasteiger partial charge on any atom is 0.264 e. The van der Waals surface area contributed by atoms with Gasteiger partial charge in [0.25, 0.3) is 11.8 Å². The van der Waals surface area contributed by atoms with Crippen molar-refractivity contribution in [3.05, 3.63) is 53.2 Å². The number of thiazole rings is 1. The Hall–Kier alpha value is -3.26. The van der Waals surface area contributed by atoms with E-state index in [1.807, 2.05) is 25.1 Å². The predicted octanol–water partition coefficient (Wildman–Crippen LogP) is 3.12. The van der Waals surface area contributed by atoms with Gasteiger partial charge in [-0.2, -0.15) is 0 Å². The van der Waals surface area contributed by atoms with Gasteiger partial charge in [0.05, 0.1) is 16.9 Å². The second-order valence-electron chi connectivity index (χ2n) is 6.04. The van der Waals surface area contributed by atoms with Gasteiger partial charge < -0.3 is 9.64 Å². The van der Waals surface area contributed by atoms with Crippen LogP contribution >= 0.6 is 11.3 Å². The van der Waals surface area contributed by atoms with Gasteiger partial charge in [-0.15, -0.1) is 11.3 Å². The number of aromatic nitrogens is 2. The summed E-state index contributed by atoms with van der Waals surface area (Å²) in [5.41, 5.74) is 2.79. The summed E-state index contributed by atoms with van der Waals surface area (Å²) in [4.78, 5) is 35.2. The van der Waals surface area contributed by atoms with Gasteiger partial charge in [-0.1, -0.05) is 0 Å². The molecule has 1 aromatic carbocycles. The summed E-state index contributed by atoms with van der Waals surface area (Å²) < 4.78 is 5.46. The lowest BCUT2D eigenvalue weighted by Gasteiger charge is -2.26. The van der Waals surface area contributed by atoms with Crippen molar-refractivity contribution in [1.29, 1.82) is 0 Å². The molecule has 0 spiro atoms. The van der Waals surface area contributed by atoms with Gasteiger partial charge in [0.15, 0.2) is 11.7 Å². The SMILES string of the molecule is Cc1sc(NC(=O)c2cccnc2)nc1-c1ccc2c(c1)N(C)C(=O)CO2. The lowest BCUT2D eigenvalue weighted by atomic mass is 10.1. The van der Waals surface area contributed by atoms with Gasteiger partial charge in [-0.3, -0.25) is 19.9 Å². The molecule has 1 aliphatic heterocycles. The lowest BCUT2D eigenvalue weighted by molar-refractivity contribution is -0.120. The van der Waals surface area contributed by atoms with E-state index in [9.17, 15) is 9.59 Å². The molecule has 0 atom stereocenters. The van der Waals surface area contributed by atoms with E-state index >= 15 is 0 Å². The number of fused-ring (bicyclic) bond motifs is 1. The highest BCUT2D eigenvalue weighted by Crippen LogP contribution is 2.37. The Morgan fingerprint density at radius 2 is 2.19 bits per heavy atom. The third-order valence-electron chi connectivity index (χ3n) is 4.26. The molecule has 0 radical (unpaired) electrons. The van der Waals surface area contributed by atoms with Crippen molar-refractivity contribution in [1.82, 2.24) is 9.97 Å². The molecule has 3 aromatic rings. The number of ether oxygens (including phenoxy) is 1. The molecule has 0 aliphatic carbocycles. The van der Waals surface area contributed by atoms with Crippen LogP contribution in [0, 0.1) is 6.92 Å². The molecular weight excluding hydrogens is 364 g/mol. The fourth-order valence-electron chi connectivity index (χ4n) is 2.80. The van der Waals surface area contributed by atoms with E-state index in [0.717, 1.165) is 16.1 Å². The normalized spacial score (nSPS) is 13.1. The molecule has 3 heterocycles. The standard InChI is InChI=1S/C19H16N4O3S/c1-11-17(12-5-6-15-14(8-12)23(2)16(24)10-26-15)21-19(27-11)22-18(25)13-4-3-7-20-9-13/h3-9H,10H2,1-2H3,(H,21,22,25). The Morgan fingerprint density at radius 3 is 2.96 bits per heavy atom. The number of hydrogen-bond acceptors (Lipinski definition) is 6. The number of nitrogens with one attached hydrogen (secondary N) is 1. The van der Waals surface area contributed by atoms with Crippen LogP contribution in [0.25, 0.3) is 11.3 Å². The van der Waals surface area contributed by atoms with Crippen molar-refractivity contribution in [2.45, 2.75) is 6.92 Å². The molecule has 4 rings (SSSR count). The van der Waals surface area contributed by atoms with Crippen LogP contribution in [0.3, 0.4) is 0 Å². The minimum atomic E-state index is -0.257. The zero-order chi connectivity index (χ0) is 19.0. The summed E-state index contributed by atoms with van der Waals surface area (Å²) in [5, 5.41) is 3.32. The number of carbonyl (C=O) groups excluding carboxylic acids is 2. The molecule has 136 valence electrons. The predicted molar refractivity (Wildman–Crippen MR) is 103 cm³/mol. The van der Waals surface area contributed by atoms with Crippen molar-refractivity contribution >= 4 is 34.0 Å². The molecule has 27 heavy (non-hydrogen) atoms. The molecule has 0 fully saturated rings. The minimum Gasteiger partial charge on any atom is -0.482 e. The highest BCUT2D eigenvalue weighted by atomic mass is 32.1. The van der Waals surface area contributed by atoms with Crippen molar-refractivity contribution in [3.8, 4) is 17.0 Å². The first-order valence-electron chi connectivity index (χ1n) is 8.25. The molecule has 1 N–H and O–H groups in total. The van der Waals surface area contributed by atoms with Gasteiger partial charge >= 0.3 is 0 Å². The molecule has 2 amide bonds. The smallest absolute Gasteiger partial charge is 0.264 e. The highest BCUT2D eigenvalue weighted by Gasteiger charge is 2.23. The van der Waals surface area contributed by atoms with E-state index in [2.05, 4.69) is 15.3 Å². The fourth-order valence-corrected chi connectivity index (χ4v) is 3.63. The molecule has 0 saturated carbocycles. The summed E-state index contributed by atoms with van der Waals surface area (Å²) in [7, 11) is 1.72. The quantitative estimate of drug-likeness (QED) is 0.755. The van der Waals surface area contributed by atoms with Crippen LogP contribution in [0.5, 0.6) is 5.75 Å². The molecule has 1 aliphatic rings. The van der Waals surface area contributed by atoms with Crippen LogP contribution in [0.2, 0.25) is 0 Å². The first kappa shape index (κ1) is 17.2. The van der Waals surface area contributed by atoms with Crippen LogP contribution in [-0.2, 0) is 4.79 Å². The number of likely N-dealkylation sites (N-methyl/N-ethyl adjacent to an activating group) is 1. The monoisotopic (exact) mass is 380 g/mol. The van der Waals surface area contributed by atoms with Crippen LogP contribution in [0.1, 0.15) is 15.2 Å². The zero-order valence-electron chi connectivity index (χ0n) is 14.7. The van der Waals surface area contributed by atoms with Gasteiger partial charge in [0.1, 0.15) is 5.75 Å². The number of hydrogen-bond donors (Lipinski definition) is 1. The average Bonchev–Trinajstić information content (AvgIpc) is 3.05. The van der Waals surface area contributed by atoms with E-state index in [4.69, 9.17) is 4.74 Å². The van der Waals surface area contributed by atoms with Gasteiger partial charge in [-0.25, -0.2) is 4.98 Å². The van der Waals surface area contributed by atoms with E-state index in [-0.39, 0.29) is 18.4 Å². The number of aryl methyl sites for hydroxylation is 1. The van der Waals surface area contributed by atoms with Crippen molar-refractivity contribution in [2.24, 2.45) is 0 Å². The molecule has 0 saturated heterocycles. The molecule has 0 unspecified atom stereocenters.